The Kier molecular flexibility index (Phi) is 4.13. The molecule has 1 heterocycles. The number of hydrogen-bond acceptors (Lipinski definition) is 9. The molecular formula is C11H10N2O8S2. The number of benzene rings is 1. The van der Waals surface area contributed by atoms with Crippen LogP contribution in [0.5, 0.6) is 11.6 Å². The lowest BCUT2D eigenvalue weighted by Gasteiger charge is -2.10. The lowest BCUT2D eigenvalue weighted by Crippen LogP contribution is -2.12. The van der Waals surface area contributed by atoms with E-state index in [0.29, 0.717) is 12.5 Å². The fourth-order valence-corrected chi connectivity index (χ4v) is 2.62. The summed E-state index contributed by atoms with van der Waals surface area (Å²) in [5, 5.41) is 11.3. The van der Waals surface area contributed by atoms with Gasteiger partial charge < -0.3 is 8.37 Å². The molecule has 0 spiro atoms. The highest BCUT2D eigenvalue weighted by Gasteiger charge is 2.31. The van der Waals surface area contributed by atoms with E-state index < -0.39 is 42.5 Å². The van der Waals surface area contributed by atoms with Gasteiger partial charge in [-0.15, -0.1) is 0 Å². The van der Waals surface area contributed by atoms with Crippen molar-refractivity contribution in [2.24, 2.45) is 0 Å². The van der Waals surface area contributed by atoms with Gasteiger partial charge in [0.1, 0.15) is 0 Å². The quantitative estimate of drug-likeness (QED) is 0.429. The molecule has 0 saturated carbocycles. The van der Waals surface area contributed by atoms with Gasteiger partial charge in [-0.3, -0.25) is 10.1 Å². The van der Waals surface area contributed by atoms with Gasteiger partial charge in [-0.1, -0.05) is 12.1 Å². The summed E-state index contributed by atoms with van der Waals surface area (Å²) in [7, 11) is -8.26. The van der Waals surface area contributed by atoms with Gasteiger partial charge in [0.25, 0.3) is 0 Å². The standard InChI is InChI=1S/C11H10N2O8S2/c1-22(16,17)20-10-7-5-3-4-6-8(7)12-11(9(10)13(14)15)21-23(2,18)19/h3-6H,1-2H3. The van der Waals surface area contributed by atoms with Crippen molar-refractivity contribution in [3.8, 4) is 11.6 Å². The number of pyridine rings is 1. The molecule has 0 radical (unpaired) electrons. The SMILES string of the molecule is CS(=O)(=O)Oc1nc2ccccc2c(OS(C)(=O)=O)c1[N+](=O)[O-]. The molecule has 1 aromatic heterocycles. The normalized spacial score (nSPS) is 12.1. The van der Waals surface area contributed by atoms with E-state index in [2.05, 4.69) is 13.4 Å². The fraction of sp³-hybridized carbons (Fsp3) is 0.182. The van der Waals surface area contributed by atoms with E-state index in [9.17, 15) is 26.9 Å². The van der Waals surface area contributed by atoms with Crippen LogP contribution in [0.4, 0.5) is 5.69 Å². The summed E-state index contributed by atoms with van der Waals surface area (Å²) in [4.78, 5) is 14.0. The summed E-state index contributed by atoms with van der Waals surface area (Å²) in [6, 6.07) is 5.75. The molecule has 23 heavy (non-hydrogen) atoms. The molecule has 0 saturated heterocycles. The zero-order valence-electron chi connectivity index (χ0n) is 11.8. The van der Waals surface area contributed by atoms with Gasteiger partial charge in [-0.25, -0.2) is 4.98 Å². The van der Waals surface area contributed by atoms with Crippen LogP contribution >= 0.6 is 0 Å². The maximum Gasteiger partial charge on any atom is 0.376 e. The zero-order chi connectivity index (χ0) is 17.4. The molecule has 0 N–H and O–H groups in total. The van der Waals surface area contributed by atoms with Gasteiger partial charge >= 0.3 is 31.8 Å². The van der Waals surface area contributed by atoms with Crippen LogP contribution in [0.2, 0.25) is 0 Å². The maximum absolute atomic E-state index is 11.4. The summed E-state index contributed by atoms with van der Waals surface area (Å²) in [5.74, 6) is -1.54. The molecule has 0 amide bonds. The van der Waals surface area contributed by atoms with E-state index in [4.69, 9.17) is 0 Å². The number of nitrogens with zero attached hydrogens (tertiary/aromatic N) is 2. The van der Waals surface area contributed by atoms with Crippen LogP contribution < -0.4 is 8.37 Å². The van der Waals surface area contributed by atoms with Gasteiger partial charge in [0, 0.05) is 0 Å². The van der Waals surface area contributed by atoms with Crippen LogP contribution in [-0.2, 0) is 20.2 Å². The van der Waals surface area contributed by atoms with Gasteiger partial charge in [-0.2, -0.15) is 16.8 Å². The van der Waals surface area contributed by atoms with E-state index in [1.165, 1.54) is 24.3 Å². The van der Waals surface area contributed by atoms with Crippen molar-refractivity contribution in [1.82, 2.24) is 4.98 Å². The Labute approximate surface area is 131 Å². The Bertz CT molecular complexity index is 998. The van der Waals surface area contributed by atoms with Crippen LogP contribution in [0.3, 0.4) is 0 Å². The van der Waals surface area contributed by atoms with Crippen molar-refractivity contribution in [3.63, 3.8) is 0 Å². The van der Waals surface area contributed by atoms with Crippen molar-refractivity contribution in [1.29, 1.82) is 0 Å². The van der Waals surface area contributed by atoms with Gasteiger partial charge in [0.05, 0.1) is 28.3 Å². The second-order valence-corrected chi connectivity index (χ2v) is 7.59. The van der Waals surface area contributed by atoms with Crippen LogP contribution in [0.1, 0.15) is 0 Å². The summed E-state index contributed by atoms with van der Waals surface area (Å²) < 4.78 is 54.5. The summed E-state index contributed by atoms with van der Waals surface area (Å²) in [5.41, 5.74) is -0.935. The number of rotatable bonds is 5. The number of para-hydroxylation sites is 1. The average Bonchev–Trinajstić information content (AvgIpc) is 2.34. The molecule has 0 unspecified atom stereocenters. The number of hydrogen-bond donors (Lipinski definition) is 0. The van der Waals surface area contributed by atoms with Crippen LogP contribution in [0.15, 0.2) is 24.3 Å². The molecule has 10 nitrogen and oxygen atoms in total. The van der Waals surface area contributed by atoms with Crippen molar-refractivity contribution >= 4 is 36.8 Å². The van der Waals surface area contributed by atoms with Crippen molar-refractivity contribution in [2.45, 2.75) is 0 Å². The Morgan fingerprint density at radius 1 is 1.04 bits per heavy atom. The first-order valence-electron chi connectivity index (χ1n) is 5.84. The second kappa shape index (κ2) is 5.62. The minimum atomic E-state index is -4.13. The summed E-state index contributed by atoms with van der Waals surface area (Å²) >= 11 is 0. The predicted octanol–water partition coefficient (Wildman–Crippen LogP) is 0.820. The van der Waals surface area contributed by atoms with Gasteiger partial charge in [-0.05, 0) is 12.1 Å². The molecule has 0 atom stereocenters. The Morgan fingerprint density at radius 3 is 2.13 bits per heavy atom. The Morgan fingerprint density at radius 2 is 1.61 bits per heavy atom. The highest BCUT2D eigenvalue weighted by atomic mass is 32.2. The predicted molar refractivity (Wildman–Crippen MR) is 79.3 cm³/mol. The van der Waals surface area contributed by atoms with E-state index >= 15 is 0 Å². The lowest BCUT2D eigenvalue weighted by molar-refractivity contribution is -0.386. The largest absolute Gasteiger partial charge is 0.376 e. The Balaban J connectivity index is 2.91. The zero-order valence-corrected chi connectivity index (χ0v) is 13.4. The highest BCUT2D eigenvalue weighted by molar-refractivity contribution is 7.86. The van der Waals surface area contributed by atoms with Crippen molar-refractivity contribution in [2.75, 3.05) is 12.5 Å². The molecular weight excluding hydrogens is 352 g/mol. The molecule has 0 aliphatic heterocycles. The third-order valence-electron chi connectivity index (χ3n) is 2.44. The third-order valence-corrected chi connectivity index (χ3v) is 3.37. The smallest absolute Gasteiger partial charge is 0.374 e. The van der Waals surface area contributed by atoms with Crippen LogP contribution in [0, 0.1) is 10.1 Å². The lowest BCUT2D eigenvalue weighted by atomic mass is 10.2. The van der Waals surface area contributed by atoms with Crippen LogP contribution in [-0.4, -0.2) is 39.3 Å². The summed E-state index contributed by atoms with van der Waals surface area (Å²) in [6.07, 6.45) is 1.37. The molecule has 1 aromatic carbocycles. The van der Waals surface area contributed by atoms with Gasteiger partial charge in [0.2, 0.25) is 5.75 Å². The molecule has 12 heteroatoms. The second-order valence-electron chi connectivity index (χ2n) is 4.44. The third kappa shape index (κ3) is 4.04. The molecule has 2 rings (SSSR count). The fourth-order valence-electron chi connectivity index (χ4n) is 1.75. The minimum Gasteiger partial charge on any atom is -0.374 e. The minimum absolute atomic E-state index is 0.0190. The van der Waals surface area contributed by atoms with Crippen molar-refractivity contribution < 1.29 is 30.1 Å². The first-order valence-corrected chi connectivity index (χ1v) is 9.47. The number of nitro groups is 1. The summed E-state index contributed by atoms with van der Waals surface area (Å²) in [6.45, 7) is 0. The van der Waals surface area contributed by atoms with E-state index in [0.717, 1.165) is 0 Å². The van der Waals surface area contributed by atoms with E-state index in [1.54, 1.807) is 0 Å². The molecule has 0 fully saturated rings. The molecule has 0 aliphatic rings. The first kappa shape index (κ1) is 16.9. The number of aromatic nitrogens is 1. The molecule has 124 valence electrons. The molecule has 0 aliphatic carbocycles. The first-order chi connectivity index (χ1) is 10.5. The molecule has 0 bridgehead atoms. The highest BCUT2D eigenvalue weighted by Crippen LogP contribution is 2.42. The van der Waals surface area contributed by atoms with E-state index in [-0.39, 0.29) is 10.9 Å². The van der Waals surface area contributed by atoms with Crippen molar-refractivity contribution in [3.05, 3.63) is 34.4 Å². The monoisotopic (exact) mass is 362 g/mol. The maximum atomic E-state index is 11.4. The number of fused-ring (bicyclic) bond motifs is 1. The molecule has 2 aromatic rings. The Hall–Kier alpha value is -2.47. The van der Waals surface area contributed by atoms with E-state index in [1.807, 2.05) is 0 Å². The average molecular weight is 362 g/mol. The topological polar surface area (TPSA) is 143 Å². The van der Waals surface area contributed by atoms with Crippen LogP contribution in [0.25, 0.3) is 10.9 Å². The van der Waals surface area contributed by atoms with Gasteiger partial charge in [0.15, 0.2) is 0 Å².